The summed E-state index contributed by atoms with van der Waals surface area (Å²) in [6, 6.07) is 5.02. The Morgan fingerprint density at radius 3 is 2.65 bits per heavy atom. The minimum absolute atomic E-state index is 0.0806. The summed E-state index contributed by atoms with van der Waals surface area (Å²) in [6.45, 7) is 4.17. The highest BCUT2D eigenvalue weighted by Gasteiger charge is 2.12. The third-order valence-electron chi connectivity index (χ3n) is 2.66. The van der Waals surface area contributed by atoms with Gasteiger partial charge < -0.3 is 14.5 Å². The summed E-state index contributed by atoms with van der Waals surface area (Å²) >= 11 is 0. The van der Waals surface area contributed by atoms with Crippen molar-refractivity contribution in [1.82, 2.24) is 9.97 Å². The Bertz CT molecular complexity index is 633. The number of aromatic nitrogens is 2. The Morgan fingerprint density at radius 1 is 1.20 bits per heavy atom. The molecule has 0 aliphatic carbocycles. The largest absolute Gasteiger partial charge is 0.466 e. The van der Waals surface area contributed by atoms with E-state index in [4.69, 9.17) is 9.47 Å². The van der Waals surface area contributed by atoms with Gasteiger partial charge in [0.2, 0.25) is 0 Å². The topological polar surface area (TPSA) is 81.3 Å². The number of esters is 2. The van der Waals surface area contributed by atoms with Crippen LogP contribution in [0.1, 0.15) is 30.0 Å². The lowest BCUT2D eigenvalue weighted by atomic mass is 10.2. The van der Waals surface area contributed by atoms with Crippen LogP contribution in [-0.4, -0.2) is 35.1 Å². The molecule has 2 aromatic rings. The van der Waals surface area contributed by atoms with Gasteiger partial charge in [-0.15, -0.1) is 0 Å². The Morgan fingerprint density at radius 2 is 1.95 bits per heavy atom. The molecule has 1 heterocycles. The molecule has 1 N–H and O–H groups in total. The van der Waals surface area contributed by atoms with Crippen molar-refractivity contribution in [2.75, 3.05) is 13.2 Å². The van der Waals surface area contributed by atoms with E-state index in [0.29, 0.717) is 35.6 Å². The van der Waals surface area contributed by atoms with Gasteiger partial charge in [-0.25, -0.2) is 9.78 Å². The van der Waals surface area contributed by atoms with E-state index in [9.17, 15) is 9.59 Å². The molecule has 0 radical (unpaired) electrons. The molecule has 6 heteroatoms. The standard InChI is InChI=1S/C14H16N2O4/c1-3-19-13(17)8-12-15-10-6-5-9(7-11(10)16-12)14(18)20-4-2/h5-7H,3-4,8H2,1-2H3,(H,15,16). The van der Waals surface area contributed by atoms with Crippen LogP contribution < -0.4 is 0 Å². The van der Waals surface area contributed by atoms with Crippen LogP contribution >= 0.6 is 0 Å². The van der Waals surface area contributed by atoms with E-state index in [1.807, 2.05) is 0 Å². The van der Waals surface area contributed by atoms with Gasteiger partial charge in [0.15, 0.2) is 0 Å². The lowest BCUT2D eigenvalue weighted by Crippen LogP contribution is -2.08. The summed E-state index contributed by atoms with van der Waals surface area (Å²) in [5.74, 6) is -0.201. The molecule has 0 aliphatic heterocycles. The van der Waals surface area contributed by atoms with Gasteiger partial charge in [0.1, 0.15) is 12.2 Å². The molecular weight excluding hydrogens is 260 g/mol. The second kappa shape index (κ2) is 6.18. The predicted octanol–water partition coefficient (Wildman–Crippen LogP) is 1.85. The third-order valence-corrected chi connectivity index (χ3v) is 2.66. The smallest absolute Gasteiger partial charge is 0.338 e. The van der Waals surface area contributed by atoms with E-state index in [1.165, 1.54) is 0 Å². The fourth-order valence-electron chi connectivity index (χ4n) is 1.84. The summed E-state index contributed by atoms with van der Waals surface area (Å²) in [7, 11) is 0. The van der Waals surface area contributed by atoms with E-state index in [0.717, 1.165) is 0 Å². The van der Waals surface area contributed by atoms with Crippen LogP contribution in [-0.2, 0) is 20.7 Å². The minimum Gasteiger partial charge on any atom is -0.466 e. The Hall–Kier alpha value is -2.37. The fraction of sp³-hybridized carbons (Fsp3) is 0.357. The molecule has 6 nitrogen and oxygen atoms in total. The zero-order valence-corrected chi connectivity index (χ0v) is 11.4. The first-order valence-electron chi connectivity index (χ1n) is 6.45. The van der Waals surface area contributed by atoms with Gasteiger partial charge >= 0.3 is 11.9 Å². The number of nitrogens with zero attached hydrogens (tertiary/aromatic N) is 1. The molecule has 0 unspecified atom stereocenters. The number of benzene rings is 1. The maximum Gasteiger partial charge on any atom is 0.338 e. The van der Waals surface area contributed by atoms with Crippen LogP contribution in [0.3, 0.4) is 0 Å². The molecule has 1 aromatic carbocycles. The normalized spacial score (nSPS) is 10.5. The van der Waals surface area contributed by atoms with Gasteiger partial charge in [-0.2, -0.15) is 0 Å². The van der Waals surface area contributed by atoms with Gasteiger partial charge in [-0.05, 0) is 32.0 Å². The number of fused-ring (bicyclic) bond motifs is 1. The third kappa shape index (κ3) is 3.14. The quantitative estimate of drug-likeness (QED) is 0.843. The molecule has 0 aliphatic rings. The number of hydrogen-bond donors (Lipinski definition) is 1. The van der Waals surface area contributed by atoms with Gasteiger partial charge in [0.05, 0.1) is 29.8 Å². The molecule has 0 atom stereocenters. The van der Waals surface area contributed by atoms with E-state index in [2.05, 4.69) is 9.97 Å². The van der Waals surface area contributed by atoms with Crippen molar-refractivity contribution >= 4 is 23.0 Å². The molecule has 106 valence electrons. The van der Waals surface area contributed by atoms with Gasteiger partial charge in [-0.1, -0.05) is 0 Å². The summed E-state index contributed by atoms with van der Waals surface area (Å²) in [6.07, 6.45) is 0.0806. The molecule has 20 heavy (non-hydrogen) atoms. The molecule has 0 saturated heterocycles. The highest BCUT2D eigenvalue weighted by molar-refractivity contribution is 5.93. The van der Waals surface area contributed by atoms with Crippen molar-refractivity contribution in [3.05, 3.63) is 29.6 Å². The Kier molecular flexibility index (Phi) is 4.34. The second-order valence-corrected chi connectivity index (χ2v) is 4.12. The lowest BCUT2D eigenvalue weighted by molar-refractivity contribution is -0.142. The van der Waals surface area contributed by atoms with E-state index in [-0.39, 0.29) is 18.4 Å². The number of imidazole rings is 1. The second-order valence-electron chi connectivity index (χ2n) is 4.12. The average Bonchev–Trinajstić information content (AvgIpc) is 2.80. The van der Waals surface area contributed by atoms with Crippen LogP contribution in [0, 0.1) is 0 Å². The molecule has 1 aromatic heterocycles. The molecular formula is C14H16N2O4. The molecule has 0 amide bonds. The number of carbonyl (C=O) groups is 2. The lowest BCUT2D eigenvalue weighted by Gasteiger charge is -2.00. The summed E-state index contributed by atoms with van der Waals surface area (Å²) in [5.41, 5.74) is 1.83. The number of rotatable bonds is 5. The Balaban J connectivity index is 2.21. The van der Waals surface area contributed by atoms with Crippen LogP contribution in [0.4, 0.5) is 0 Å². The minimum atomic E-state index is -0.379. The number of nitrogens with one attached hydrogen (secondary N) is 1. The van der Waals surface area contributed by atoms with Gasteiger partial charge in [-0.3, -0.25) is 4.79 Å². The van der Waals surface area contributed by atoms with E-state index < -0.39 is 0 Å². The monoisotopic (exact) mass is 276 g/mol. The van der Waals surface area contributed by atoms with Crippen molar-refractivity contribution < 1.29 is 19.1 Å². The SMILES string of the molecule is CCOC(=O)Cc1nc2ccc(C(=O)OCC)cc2[nH]1. The molecule has 0 bridgehead atoms. The first-order valence-corrected chi connectivity index (χ1v) is 6.45. The molecule has 0 spiro atoms. The molecule has 0 saturated carbocycles. The van der Waals surface area contributed by atoms with Crippen molar-refractivity contribution in [3.8, 4) is 0 Å². The van der Waals surface area contributed by atoms with Crippen LogP contribution in [0.25, 0.3) is 11.0 Å². The first-order chi connectivity index (χ1) is 9.63. The zero-order valence-electron chi connectivity index (χ0n) is 11.4. The number of aromatic amines is 1. The number of H-pyrrole nitrogens is 1. The maximum atomic E-state index is 11.6. The van der Waals surface area contributed by atoms with E-state index in [1.54, 1.807) is 32.0 Å². The number of carbonyl (C=O) groups excluding carboxylic acids is 2. The highest BCUT2D eigenvalue weighted by atomic mass is 16.5. The maximum absolute atomic E-state index is 11.6. The Labute approximate surface area is 116 Å². The molecule has 0 fully saturated rings. The average molecular weight is 276 g/mol. The van der Waals surface area contributed by atoms with Crippen LogP contribution in [0.15, 0.2) is 18.2 Å². The fourth-order valence-corrected chi connectivity index (χ4v) is 1.84. The molecule has 2 rings (SSSR count). The first kappa shape index (κ1) is 14.0. The van der Waals surface area contributed by atoms with Crippen LogP contribution in [0.2, 0.25) is 0 Å². The summed E-state index contributed by atoms with van der Waals surface area (Å²) in [5, 5.41) is 0. The van der Waals surface area contributed by atoms with Crippen molar-refractivity contribution in [2.45, 2.75) is 20.3 Å². The van der Waals surface area contributed by atoms with Crippen molar-refractivity contribution in [2.24, 2.45) is 0 Å². The summed E-state index contributed by atoms with van der Waals surface area (Å²) in [4.78, 5) is 30.3. The van der Waals surface area contributed by atoms with E-state index >= 15 is 0 Å². The van der Waals surface area contributed by atoms with Gasteiger partial charge in [0, 0.05) is 0 Å². The van der Waals surface area contributed by atoms with Crippen molar-refractivity contribution in [1.29, 1.82) is 0 Å². The van der Waals surface area contributed by atoms with Gasteiger partial charge in [0.25, 0.3) is 0 Å². The number of ether oxygens (including phenoxy) is 2. The van der Waals surface area contributed by atoms with Crippen molar-refractivity contribution in [3.63, 3.8) is 0 Å². The zero-order chi connectivity index (χ0) is 14.5. The predicted molar refractivity (Wildman–Crippen MR) is 72.4 cm³/mol. The van der Waals surface area contributed by atoms with Crippen LogP contribution in [0.5, 0.6) is 0 Å². The summed E-state index contributed by atoms with van der Waals surface area (Å²) < 4.78 is 9.80. The highest BCUT2D eigenvalue weighted by Crippen LogP contribution is 2.15. The number of hydrogen-bond acceptors (Lipinski definition) is 5.